The zero-order chi connectivity index (χ0) is 25.0. The number of carbonyl (C=O) groups is 2. The zero-order valence-corrected chi connectivity index (χ0v) is 21.3. The lowest BCUT2D eigenvalue weighted by atomic mass is 9.83. The van der Waals surface area contributed by atoms with Gasteiger partial charge in [0, 0.05) is 32.7 Å². The Kier molecular flexibility index (Phi) is 5.40. The van der Waals surface area contributed by atoms with E-state index in [9.17, 15) is 9.59 Å². The third-order valence-electron chi connectivity index (χ3n) is 6.11. The van der Waals surface area contributed by atoms with Gasteiger partial charge in [-0.15, -0.1) is 0 Å². The first kappa shape index (κ1) is 23.1. The Morgan fingerprint density at radius 2 is 1.80 bits per heavy atom. The Morgan fingerprint density at radius 3 is 2.51 bits per heavy atom. The number of amides is 2. The number of fused-ring (bicyclic) bond motifs is 2. The molecule has 2 aromatic carbocycles. The van der Waals surface area contributed by atoms with Crippen molar-refractivity contribution < 1.29 is 9.59 Å². The number of pyridine rings is 1. The topological polar surface area (TPSA) is 78.1 Å². The van der Waals surface area contributed by atoms with E-state index in [-0.39, 0.29) is 11.8 Å². The fourth-order valence-corrected chi connectivity index (χ4v) is 5.02. The molecule has 176 valence electrons. The number of H-pyrrole nitrogens is 1. The number of rotatable bonds is 3. The van der Waals surface area contributed by atoms with Crippen molar-refractivity contribution in [1.82, 2.24) is 15.3 Å². The van der Waals surface area contributed by atoms with E-state index in [1.807, 2.05) is 69.3 Å². The highest BCUT2D eigenvalue weighted by Crippen LogP contribution is 2.52. The quantitative estimate of drug-likeness (QED) is 0.352. The van der Waals surface area contributed by atoms with Gasteiger partial charge in [0.05, 0.1) is 11.4 Å². The Bertz CT molecular complexity index is 1490. The number of hydrogen-bond acceptors (Lipinski definition) is 3. The van der Waals surface area contributed by atoms with Gasteiger partial charge in [-0.3, -0.25) is 19.5 Å². The number of nitrogens with one attached hydrogen (secondary N) is 2. The molecule has 2 aromatic heterocycles. The predicted molar refractivity (Wildman–Crippen MR) is 142 cm³/mol. The number of carbonyl (C=O) groups excluding carboxylic acids is 2. The van der Waals surface area contributed by atoms with Gasteiger partial charge in [-0.1, -0.05) is 52.8 Å². The van der Waals surface area contributed by atoms with Crippen LogP contribution < -0.4 is 10.2 Å². The first-order valence-electron chi connectivity index (χ1n) is 11.3. The molecule has 2 amide bonds. The molecule has 3 heterocycles. The second kappa shape index (κ2) is 8.20. The van der Waals surface area contributed by atoms with E-state index < -0.39 is 11.1 Å². The minimum atomic E-state index is -1.56. The minimum Gasteiger partial charge on any atom is -0.350 e. The lowest BCUT2D eigenvalue weighted by Gasteiger charge is -2.39. The van der Waals surface area contributed by atoms with E-state index in [1.165, 1.54) is 4.90 Å². The van der Waals surface area contributed by atoms with Gasteiger partial charge in [-0.25, -0.2) is 0 Å². The third-order valence-corrected chi connectivity index (χ3v) is 6.61. The second-order valence-corrected chi connectivity index (χ2v) is 10.6. The van der Waals surface area contributed by atoms with Crippen LogP contribution in [0.25, 0.3) is 16.5 Å². The van der Waals surface area contributed by atoms with Crippen LogP contribution in [-0.2, 0) is 10.3 Å². The van der Waals surface area contributed by atoms with Crippen molar-refractivity contribution in [1.29, 1.82) is 0 Å². The Balaban J connectivity index is 1.77. The third kappa shape index (κ3) is 3.67. The molecule has 1 atom stereocenters. The number of anilines is 1. The van der Waals surface area contributed by atoms with Crippen LogP contribution in [0.4, 0.5) is 5.69 Å². The van der Waals surface area contributed by atoms with E-state index >= 15 is 0 Å². The molecule has 0 radical (unpaired) electrons. The van der Waals surface area contributed by atoms with Crippen molar-refractivity contribution in [2.75, 3.05) is 4.90 Å². The molecule has 1 aliphatic heterocycles. The van der Waals surface area contributed by atoms with Crippen LogP contribution in [0, 0.1) is 0 Å². The Hall–Kier alpha value is -3.71. The summed E-state index contributed by atoms with van der Waals surface area (Å²) >= 11 is 3.48. The van der Waals surface area contributed by atoms with Crippen molar-refractivity contribution in [3.05, 3.63) is 101 Å². The maximum Gasteiger partial charge on any atom is 0.276 e. The van der Waals surface area contributed by atoms with Gasteiger partial charge in [0.1, 0.15) is 5.69 Å². The molecule has 7 heteroatoms. The monoisotopic (exact) mass is 528 g/mol. The molecule has 0 saturated carbocycles. The summed E-state index contributed by atoms with van der Waals surface area (Å²) < 4.78 is 0.901. The van der Waals surface area contributed by atoms with Crippen LogP contribution in [0.1, 0.15) is 42.5 Å². The van der Waals surface area contributed by atoms with Gasteiger partial charge in [0.2, 0.25) is 0 Å². The highest BCUT2D eigenvalue weighted by Gasteiger charge is 2.58. The molecular weight excluding hydrogens is 504 g/mol. The molecule has 0 saturated heterocycles. The highest BCUT2D eigenvalue weighted by atomic mass is 79.9. The lowest BCUT2D eigenvalue weighted by molar-refractivity contribution is -0.126. The molecular formula is C28H25BrN4O2. The smallest absolute Gasteiger partial charge is 0.276 e. The number of aromatic nitrogens is 2. The molecule has 1 aliphatic rings. The van der Waals surface area contributed by atoms with Gasteiger partial charge in [-0.2, -0.15) is 0 Å². The fraction of sp³-hybridized carbons (Fsp3) is 0.179. The number of nitrogens with zero attached hydrogens (tertiary/aromatic N) is 2. The molecule has 2 N–H and O–H groups in total. The maximum atomic E-state index is 14.3. The molecule has 6 nitrogen and oxygen atoms in total. The molecule has 4 aromatic rings. The lowest BCUT2D eigenvalue weighted by Crippen LogP contribution is -2.60. The van der Waals surface area contributed by atoms with Gasteiger partial charge in [-0.05, 0) is 62.7 Å². The molecule has 5 rings (SSSR count). The SMILES string of the molecule is C=C1c2ccccc2N(C(=O)c2cc3ccc(Br)cc3[nH]2)C1(C(=O)NC(C)(C)C)c1ccccn1. The summed E-state index contributed by atoms with van der Waals surface area (Å²) in [4.78, 5) is 37.8. The summed E-state index contributed by atoms with van der Waals surface area (Å²) in [5, 5.41) is 3.98. The molecule has 0 fully saturated rings. The van der Waals surface area contributed by atoms with Crippen LogP contribution >= 0.6 is 15.9 Å². The van der Waals surface area contributed by atoms with Crippen LogP contribution in [0.5, 0.6) is 0 Å². The number of halogens is 1. The number of aromatic amines is 1. The van der Waals surface area contributed by atoms with E-state index in [4.69, 9.17) is 0 Å². The number of benzene rings is 2. The first-order chi connectivity index (χ1) is 16.6. The van der Waals surface area contributed by atoms with Crippen molar-refractivity contribution in [3.63, 3.8) is 0 Å². The Morgan fingerprint density at radius 1 is 1.06 bits per heavy atom. The van der Waals surface area contributed by atoms with E-state index in [0.29, 0.717) is 22.6 Å². The van der Waals surface area contributed by atoms with Crippen LogP contribution in [0.3, 0.4) is 0 Å². The largest absolute Gasteiger partial charge is 0.350 e. The second-order valence-electron chi connectivity index (χ2n) is 9.68. The van der Waals surface area contributed by atoms with E-state index in [2.05, 4.69) is 37.8 Å². The summed E-state index contributed by atoms with van der Waals surface area (Å²) in [5.74, 6) is -0.713. The molecule has 0 bridgehead atoms. The minimum absolute atomic E-state index is 0.349. The Labute approximate surface area is 212 Å². The van der Waals surface area contributed by atoms with E-state index in [0.717, 1.165) is 20.9 Å². The van der Waals surface area contributed by atoms with Crippen LogP contribution in [-0.4, -0.2) is 27.3 Å². The van der Waals surface area contributed by atoms with Gasteiger partial charge >= 0.3 is 0 Å². The standard InChI is InChI=1S/C28H25BrN4O2/c1-17-20-9-5-6-10-23(20)33(25(34)22-15-18-12-13-19(29)16-21(18)31-22)28(17,24-11-7-8-14-30-24)26(35)32-27(2,3)4/h5-16,31H,1H2,2-4H3,(H,32,35). The highest BCUT2D eigenvalue weighted by molar-refractivity contribution is 9.10. The molecule has 1 unspecified atom stereocenters. The summed E-state index contributed by atoms with van der Waals surface area (Å²) in [6, 6.07) is 20.4. The van der Waals surface area contributed by atoms with Crippen LogP contribution in [0.2, 0.25) is 0 Å². The average Bonchev–Trinajstić information content (AvgIpc) is 3.35. The first-order valence-corrected chi connectivity index (χ1v) is 12.1. The summed E-state index contributed by atoms with van der Waals surface area (Å²) in [7, 11) is 0. The predicted octanol–water partition coefficient (Wildman–Crippen LogP) is 5.81. The number of para-hydroxylation sites is 1. The summed E-state index contributed by atoms with van der Waals surface area (Å²) in [6.45, 7) is 10.1. The molecule has 35 heavy (non-hydrogen) atoms. The van der Waals surface area contributed by atoms with Crippen molar-refractivity contribution in [3.8, 4) is 0 Å². The van der Waals surface area contributed by atoms with Gasteiger partial charge in [0.15, 0.2) is 5.54 Å². The molecule has 0 aliphatic carbocycles. The normalized spacial score (nSPS) is 17.5. The number of hydrogen-bond donors (Lipinski definition) is 2. The van der Waals surface area contributed by atoms with Gasteiger partial charge in [0.25, 0.3) is 11.8 Å². The summed E-state index contributed by atoms with van der Waals surface area (Å²) in [5.41, 5.74) is 1.34. The van der Waals surface area contributed by atoms with Crippen molar-refractivity contribution >= 4 is 49.9 Å². The maximum absolute atomic E-state index is 14.3. The fourth-order valence-electron chi connectivity index (χ4n) is 4.66. The zero-order valence-electron chi connectivity index (χ0n) is 19.7. The van der Waals surface area contributed by atoms with Crippen molar-refractivity contribution in [2.45, 2.75) is 31.8 Å². The van der Waals surface area contributed by atoms with E-state index in [1.54, 1.807) is 24.4 Å². The van der Waals surface area contributed by atoms with Gasteiger partial charge < -0.3 is 10.3 Å². The van der Waals surface area contributed by atoms with Crippen LogP contribution in [0.15, 0.2) is 84.0 Å². The average molecular weight is 529 g/mol. The molecule has 0 spiro atoms. The van der Waals surface area contributed by atoms with Crippen molar-refractivity contribution in [2.24, 2.45) is 0 Å². The summed E-state index contributed by atoms with van der Waals surface area (Å²) in [6.07, 6.45) is 1.63.